The minimum absolute atomic E-state index is 0.0715. The molecule has 2 saturated heterocycles. The fraction of sp³-hybridized carbons (Fsp3) is 0.619. The van der Waals surface area contributed by atoms with E-state index in [1.54, 1.807) is 5.01 Å². The third-order valence-corrected chi connectivity index (χ3v) is 5.77. The molecule has 0 aliphatic carbocycles. The summed E-state index contributed by atoms with van der Waals surface area (Å²) < 4.78 is 0. The molecule has 27 heavy (non-hydrogen) atoms. The molecule has 2 N–H and O–H groups in total. The lowest BCUT2D eigenvalue weighted by molar-refractivity contribution is -0.174. The fourth-order valence-electron chi connectivity index (χ4n) is 4.23. The average molecular weight is 373 g/mol. The molecule has 0 aromatic heterocycles. The molecule has 0 saturated carbocycles. The second-order valence-electron chi connectivity index (χ2n) is 7.62. The summed E-state index contributed by atoms with van der Waals surface area (Å²) in [7, 11) is 0. The molecule has 6 nitrogen and oxygen atoms in total. The summed E-state index contributed by atoms with van der Waals surface area (Å²) in [6.45, 7) is 3.67. The van der Waals surface area contributed by atoms with E-state index in [-0.39, 0.29) is 18.0 Å². The minimum Gasteiger partial charge on any atom is -0.480 e. The van der Waals surface area contributed by atoms with Gasteiger partial charge in [0.15, 0.2) is 0 Å². The monoisotopic (exact) mass is 373 g/mol. The van der Waals surface area contributed by atoms with Gasteiger partial charge in [0, 0.05) is 19.1 Å². The number of carboxylic acid groups (broad SMARTS) is 1. The number of carbonyl (C=O) groups excluding carboxylic acids is 1. The molecule has 3 atom stereocenters. The number of aryl methyl sites for hydroxylation is 1. The molecule has 2 aliphatic rings. The van der Waals surface area contributed by atoms with Gasteiger partial charge in [-0.05, 0) is 50.5 Å². The first kappa shape index (κ1) is 19.8. The standard InChI is InChI=1S/C21H31N3O3/c1-2-17(13-12-16-8-4-3-5-9-16)22-18-10-6-14-23-15-7-11-19(21(26)27)24(23)20(18)25/h3-5,8-9,17-19,22H,2,6-7,10-15H2,1H3,(H,26,27). The van der Waals surface area contributed by atoms with Crippen molar-refractivity contribution in [2.45, 2.75) is 70.0 Å². The van der Waals surface area contributed by atoms with E-state index in [2.05, 4.69) is 36.5 Å². The molecule has 2 heterocycles. The number of hydrazine groups is 1. The van der Waals surface area contributed by atoms with Crippen molar-refractivity contribution in [1.82, 2.24) is 15.3 Å². The van der Waals surface area contributed by atoms with Crippen molar-refractivity contribution in [3.05, 3.63) is 35.9 Å². The van der Waals surface area contributed by atoms with Gasteiger partial charge in [0.1, 0.15) is 6.04 Å². The van der Waals surface area contributed by atoms with Crippen LogP contribution in [0.4, 0.5) is 0 Å². The van der Waals surface area contributed by atoms with E-state index in [0.29, 0.717) is 6.42 Å². The number of aliphatic carboxylic acids is 1. The van der Waals surface area contributed by atoms with Crippen LogP contribution in [0.15, 0.2) is 30.3 Å². The maximum Gasteiger partial charge on any atom is 0.328 e. The Labute approximate surface area is 161 Å². The van der Waals surface area contributed by atoms with E-state index >= 15 is 0 Å². The van der Waals surface area contributed by atoms with Crippen LogP contribution in [0.25, 0.3) is 0 Å². The summed E-state index contributed by atoms with van der Waals surface area (Å²) in [6.07, 6.45) is 5.92. The predicted molar refractivity (Wildman–Crippen MR) is 104 cm³/mol. The molecule has 2 aliphatic heterocycles. The first-order valence-electron chi connectivity index (χ1n) is 10.2. The number of benzene rings is 1. The highest BCUT2D eigenvalue weighted by Crippen LogP contribution is 2.24. The van der Waals surface area contributed by atoms with Crippen LogP contribution in [-0.2, 0) is 16.0 Å². The van der Waals surface area contributed by atoms with Crippen LogP contribution in [0.2, 0.25) is 0 Å². The first-order chi connectivity index (χ1) is 13.1. The first-order valence-corrected chi connectivity index (χ1v) is 10.2. The van der Waals surface area contributed by atoms with Crippen LogP contribution in [0.5, 0.6) is 0 Å². The highest BCUT2D eigenvalue weighted by molar-refractivity contribution is 5.87. The molecule has 3 unspecified atom stereocenters. The van der Waals surface area contributed by atoms with Crippen molar-refractivity contribution in [3.8, 4) is 0 Å². The van der Waals surface area contributed by atoms with E-state index in [0.717, 1.165) is 51.6 Å². The van der Waals surface area contributed by atoms with E-state index in [4.69, 9.17) is 0 Å². The molecule has 3 rings (SSSR count). The Morgan fingerprint density at radius 2 is 1.93 bits per heavy atom. The molecule has 0 radical (unpaired) electrons. The van der Waals surface area contributed by atoms with Gasteiger partial charge in [0.05, 0.1) is 6.04 Å². The van der Waals surface area contributed by atoms with Crippen LogP contribution in [0, 0.1) is 0 Å². The predicted octanol–water partition coefficient (Wildman–Crippen LogP) is 2.44. The van der Waals surface area contributed by atoms with Gasteiger partial charge in [0.2, 0.25) is 0 Å². The van der Waals surface area contributed by atoms with Gasteiger partial charge in [0.25, 0.3) is 5.91 Å². The van der Waals surface area contributed by atoms with Crippen molar-refractivity contribution in [1.29, 1.82) is 0 Å². The molecule has 1 aromatic carbocycles. The lowest BCUT2D eigenvalue weighted by Crippen LogP contribution is -2.61. The van der Waals surface area contributed by atoms with E-state index < -0.39 is 12.0 Å². The zero-order valence-electron chi connectivity index (χ0n) is 16.1. The summed E-state index contributed by atoms with van der Waals surface area (Å²) in [5.74, 6) is -0.970. The second kappa shape index (κ2) is 9.33. The van der Waals surface area contributed by atoms with Crippen LogP contribution in [0.3, 0.4) is 0 Å². The normalized spacial score (nSPS) is 24.9. The summed E-state index contributed by atoms with van der Waals surface area (Å²) in [4.78, 5) is 24.8. The number of nitrogens with one attached hydrogen (secondary N) is 1. The highest BCUT2D eigenvalue weighted by Gasteiger charge is 2.41. The molecule has 0 bridgehead atoms. The van der Waals surface area contributed by atoms with Crippen molar-refractivity contribution >= 4 is 11.9 Å². The van der Waals surface area contributed by atoms with E-state index in [1.165, 1.54) is 5.56 Å². The minimum atomic E-state index is -0.898. The third kappa shape index (κ3) is 4.87. The van der Waals surface area contributed by atoms with Crippen LogP contribution < -0.4 is 5.32 Å². The second-order valence-corrected chi connectivity index (χ2v) is 7.62. The van der Waals surface area contributed by atoms with Gasteiger partial charge in [-0.3, -0.25) is 9.80 Å². The fourth-order valence-corrected chi connectivity index (χ4v) is 4.23. The summed E-state index contributed by atoms with van der Waals surface area (Å²) in [5, 5.41) is 16.6. The molecule has 1 amide bonds. The molecule has 1 aromatic rings. The van der Waals surface area contributed by atoms with Crippen LogP contribution in [-0.4, -0.2) is 58.2 Å². The van der Waals surface area contributed by atoms with Gasteiger partial charge >= 0.3 is 5.97 Å². The average Bonchev–Trinajstić information content (AvgIpc) is 2.84. The Kier molecular flexibility index (Phi) is 6.85. The topological polar surface area (TPSA) is 72.9 Å². The SMILES string of the molecule is CCC(CCc1ccccc1)NC1CCCN2CCCC(C(=O)O)N2C1=O. The molecule has 6 heteroatoms. The molecule has 0 spiro atoms. The summed E-state index contributed by atoms with van der Waals surface area (Å²) in [5.41, 5.74) is 1.30. The van der Waals surface area contributed by atoms with Crippen molar-refractivity contribution < 1.29 is 14.7 Å². The van der Waals surface area contributed by atoms with Gasteiger partial charge in [-0.2, -0.15) is 0 Å². The number of hydrogen-bond donors (Lipinski definition) is 2. The number of rotatable bonds is 7. The van der Waals surface area contributed by atoms with Gasteiger partial charge in [-0.15, -0.1) is 0 Å². The zero-order chi connectivity index (χ0) is 19.2. The van der Waals surface area contributed by atoms with E-state index in [1.807, 2.05) is 11.1 Å². The Hall–Kier alpha value is -1.92. The Balaban J connectivity index is 1.65. The summed E-state index contributed by atoms with van der Waals surface area (Å²) >= 11 is 0. The van der Waals surface area contributed by atoms with Crippen LogP contribution in [0.1, 0.15) is 51.0 Å². The number of carbonyl (C=O) groups is 2. The van der Waals surface area contributed by atoms with Gasteiger partial charge in [-0.1, -0.05) is 37.3 Å². The smallest absolute Gasteiger partial charge is 0.328 e. The maximum atomic E-state index is 13.2. The van der Waals surface area contributed by atoms with Crippen molar-refractivity contribution in [2.75, 3.05) is 13.1 Å². The largest absolute Gasteiger partial charge is 0.480 e. The van der Waals surface area contributed by atoms with Crippen molar-refractivity contribution in [3.63, 3.8) is 0 Å². The van der Waals surface area contributed by atoms with Crippen molar-refractivity contribution in [2.24, 2.45) is 0 Å². The Morgan fingerprint density at radius 1 is 1.22 bits per heavy atom. The maximum absolute atomic E-state index is 13.2. The van der Waals surface area contributed by atoms with E-state index in [9.17, 15) is 14.7 Å². The third-order valence-electron chi connectivity index (χ3n) is 5.77. The Morgan fingerprint density at radius 3 is 2.59 bits per heavy atom. The molecular weight excluding hydrogens is 342 g/mol. The number of amides is 1. The van der Waals surface area contributed by atoms with Gasteiger partial charge in [-0.25, -0.2) is 9.80 Å². The molecule has 148 valence electrons. The summed E-state index contributed by atoms with van der Waals surface area (Å²) in [6, 6.07) is 9.61. The number of hydrogen-bond acceptors (Lipinski definition) is 4. The van der Waals surface area contributed by atoms with Crippen LogP contribution >= 0.6 is 0 Å². The Bertz CT molecular complexity index is 637. The van der Waals surface area contributed by atoms with Gasteiger partial charge < -0.3 is 10.4 Å². The quantitative estimate of drug-likeness (QED) is 0.768. The lowest BCUT2D eigenvalue weighted by atomic mass is 10.0. The number of carboxylic acids is 1. The lowest BCUT2D eigenvalue weighted by Gasteiger charge is -2.42. The molecule has 2 fully saturated rings. The molecular formula is C21H31N3O3. The zero-order valence-corrected chi connectivity index (χ0v) is 16.1. The number of fused-ring (bicyclic) bond motifs is 1. The number of nitrogens with zero attached hydrogens (tertiary/aromatic N) is 2. The highest BCUT2D eigenvalue weighted by atomic mass is 16.4.